The number of aryl methyl sites for hydroxylation is 2. The zero-order valence-corrected chi connectivity index (χ0v) is 11.6. The molecule has 3 nitrogen and oxygen atoms in total. The summed E-state index contributed by atoms with van der Waals surface area (Å²) in [5, 5.41) is 0. The summed E-state index contributed by atoms with van der Waals surface area (Å²) < 4.78 is 5.84. The fourth-order valence-electron chi connectivity index (χ4n) is 2.65. The van der Waals surface area contributed by atoms with Crippen LogP contribution in [0.3, 0.4) is 0 Å². The SMILES string of the molecule is CCN1CCOC(C(N)c2cc(C)cc(C)c2)C1. The molecule has 1 heterocycles. The molecule has 0 aliphatic carbocycles. The van der Waals surface area contributed by atoms with Gasteiger partial charge in [-0.3, -0.25) is 4.90 Å². The van der Waals surface area contributed by atoms with E-state index >= 15 is 0 Å². The predicted octanol–water partition coefficient (Wildman–Crippen LogP) is 2.02. The third-order valence-electron chi connectivity index (χ3n) is 3.65. The van der Waals surface area contributed by atoms with Gasteiger partial charge in [-0.1, -0.05) is 36.2 Å². The van der Waals surface area contributed by atoms with Crippen LogP contribution in [0.4, 0.5) is 0 Å². The minimum Gasteiger partial charge on any atom is -0.374 e. The molecule has 1 aliphatic heterocycles. The fraction of sp³-hybridized carbons (Fsp3) is 0.600. The number of rotatable bonds is 3. The molecule has 0 aromatic heterocycles. The Balaban J connectivity index is 2.12. The zero-order valence-electron chi connectivity index (χ0n) is 11.6. The predicted molar refractivity (Wildman–Crippen MR) is 74.7 cm³/mol. The van der Waals surface area contributed by atoms with Gasteiger partial charge in [-0.05, 0) is 26.0 Å². The monoisotopic (exact) mass is 248 g/mol. The van der Waals surface area contributed by atoms with Gasteiger partial charge in [0.25, 0.3) is 0 Å². The lowest BCUT2D eigenvalue weighted by atomic mass is 9.97. The van der Waals surface area contributed by atoms with Gasteiger partial charge in [-0.15, -0.1) is 0 Å². The van der Waals surface area contributed by atoms with Crippen molar-refractivity contribution in [3.63, 3.8) is 0 Å². The Kier molecular flexibility index (Phi) is 4.38. The molecule has 2 unspecified atom stereocenters. The van der Waals surface area contributed by atoms with E-state index in [2.05, 4.69) is 43.9 Å². The highest BCUT2D eigenvalue weighted by atomic mass is 16.5. The molecule has 1 aromatic rings. The number of hydrogen-bond donors (Lipinski definition) is 1. The number of nitrogens with two attached hydrogens (primary N) is 1. The van der Waals surface area contributed by atoms with Crippen LogP contribution in [0.5, 0.6) is 0 Å². The van der Waals surface area contributed by atoms with Gasteiger partial charge < -0.3 is 10.5 Å². The molecule has 0 bridgehead atoms. The second-order valence-corrected chi connectivity index (χ2v) is 5.25. The lowest BCUT2D eigenvalue weighted by molar-refractivity contribution is -0.0392. The van der Waals surface area contributed by atoms with Crippen LogP contribution in [0.2, 0.25) is 0 Å². The van der Waals surface area contributed by atoms with Crippen LogP contribution in [0.25, 0.3) is 0 Å². The zero-order chi connectivity index (χ0) is 13.1. The van der Waals surface area contributed by atoms with E-state index in [0.29, 0.717) is 0 Å². The Bertz CT molecular complexity index is 385. The molecule has 0 spiro atoms. The van der Waals surface area contributed by atoms with Gasteiger partial charge in [0.1, 0.15) is 0 Å². The van der Waals surface area contributed by atoms with Crippen molar-refractivity contribution in [3.05, 3.63) is 34.9 Å². The minimum absolute atomic E-state index is 0.0297. The third kappa shape index (κ3) is 3.10. The van der Waals surface area contributed by atoms with E-state index in [-0.39, 0.29) is 12.1 Å². The normalized spacial score (nSPS) is 23.0. The van der Waals surface area contributed by atoms with Crippen LogP contribution in [-0.4, -0.2) is 37.2 Å². The first-order chi connectivity index (χ1) is 8.60. The molecule has 3 heteroatoms. The number of likely N-dealkylation sites (N-methyl/N-ethyl adjacent to an activating group) is 1. The second-order valence-electron chi connectivity index (χ2n) is 5.25. The van der Waals surface area contributed by atoms with Gasteiger partial charge in [0.15, 0.2) is 0 Å². The highest BCUT2D eigenvalue weighted by Crippen LogP contribution is 2.22. The topological polar surface area (TPSA) is 38.5 Å². The molecule has 2 N–H and O–H groups in total. The van der Waals surface area contributed by atoms with Crippen molar-refractivity contribution in [2.75, 3.05) is 26.2 Å². The summed E-state index contributed by atoms with van der Waals surface area (Å²) in [5.74, 6) is 0. The molecule has 0 amide bonds. The molecule has 0 radical (unpaired) electrons. The Morgan fingerprint density at radius 3 is 2.61 bits per heavy atom. The van der Waals surface area contributed by atoms with Gasteiger partial charge in [-0.2, -0.15) is 0 Å². The summed E-state index contributed by atoms with van der Waals surface area (Å²) in [6, 6.07) is 6.49. The maximum Gasteiger partial charge on any atom is 0.0894 e. The highest BCUT2D eigenvalue weighted by molar-refractivity contribution is 5.31. The standard InChI is InChI=1S/C15H24N2O/c1-4-17-5-6-18-14(10-17)15(16)13-8-11(2)7-12(3)9-13/h7-9,14-15H,4-6,10,16H2,1-3H3. The third-order valence-corrected chi connectivity index (χ3v) is 3.65. The smallest absolute Gasteiger partial charge is 0.0894 e. The quantitative estimate of drug-likeness (QED) is 0.889. The van der Waals surface area contributed by atoms with E-state index in [1.165, 1.54) is 16.7 Å². The second kappa shape index (κ2) is 5.83. The first kappa shape index (κ1) is 13.5. The summed E-state index contributed by atoms with van der Waals surface area (Å²) in [6.07, 6.45) is 0.111. The number of hydrogen-bond acceptors (Lipinski definition) is 3. The molecule has 2 rings (SSSR count). The van der Waals surface area contributed by atoms with Gasteiger partial charge in [-0.25, -0.2) is 0 Å². The van der Waals surface area contributed by atoms with Crippen LogP contribution in [0, 0.1) is 13.8 Å². The Morgan fingerprint density at radius 1 is 1.33 bits per heavy atom. The van der Waals surface area contributed by atoms with Crippen LogP contribution >= 0.6 is 0 Å². The Morgan fingerprint density at radius 2 is 2.00 bits per heavy atom. The summed E-state index contributed by atoms with van der Waals surface area (Å²) in [6.45, 7) is 10.2. The molecule has 1 aliphatic rings. The largest absolute Gasteiger partial charge is 0.374 e. The van der Waals surface area contributed by atoms with E-state index in [1.807, 2.05) is 0 Å². The van der Waals surface area contributed by atoms with Crippen molar-refractivity contribution in [2.24, 2.45) is 5.73 Å². The van der Waals surface area contributed by atoms with Crippen LogP contribution in [0.1, 0.15) is 29.7 Å². The van der Waals surface area contributed by atoms with Crippen LogP contribution < -0.4 is 5.73 Å². The van der Waals surface area contributed by atoms with Gasteiger partial charge >= 0.3 is 0 Å². The van der Waals surface area contributed by atoms with Crippen molar-refractivity contribution < 1.29 is 4.74 Å². The Labute approximate surface area is 110 Å². The average molecular weight is 248 g/mol. The molecule has 2 atom stereocenters. The Hall–Kier alpha value is -0.900. The van der Waals surface area contributed by atoms with E-state index in [1.54, 1.807) is 0 Å². The van der Waals surface area contributed by atoms with Gasteiger partial charge in [0, 0.05) is 13.1 Å². The van der Waals surface area contributed by atoms with Gasteiger partial charge in [0.2, 0.25) is 0 Å². The van der Waals surface area contributed by atoms with Crippen LogP contribution in [0.15, 0.2) is 18.2 Å². The van der Waals surface area contributed by atoms with E-state index in [9.17, 15) is 0 Å². The van der Waals surface area contributed by atoms with Crippen LogP contribution in [-0.2, 0) is 4.74 Å². The summed E-state index contributed by atoms with van der Waals surface area (Å²) >= 11 is 0. The van der Waals surface area contributed by atoms with Crippen molar-refractivity contribution in [3.8, 4) is 0 Å². The minimum atomic E-state index is -0.0297. The average Bonchev–Trinajstić information content (AvgIpc) is 2.37. The molecule has 1 saturated heterocycles. The number of ether oxygens (including phenoxy) is 1. The van der Waals surface area contributed by atoms with Crippen molar-refractivity contribution in [1.29, 1.82) is 0 Å². The molecule has 1 aromatic carbocycles. The van der Waals surface area contributed by atoms with Gasteiger partial charge in [0.05, 0.1) is 18.8 Å². The first-order valence-electron chi connectivity index (χ1n) is 6.78. The molecule has 1 fully saturated rings. The maximum absolute atomic E-state index is 6.37. The maximum atomic E-state index is 6.37. The number of nitrogens with zero attached hydrogens (tertiary/aromatic N) is 1. The molecule has 100 valence electrons. The summed E-state index contributed by atoms with van der Waals surface area (Å²) in [7, 11) is 0. The molecule has 18 heavy (non-hydrogen) atoms. The lowest BCUT2D eigenvalue weighted by Crippen LogP contribution is -2.46. The highest BCUT2D eigenvalue weighted by Gasteiger charge is 2.26. The first-order valence-corrected chi connectivity index (χ1v) is 6.78. The van der Waals surface area contributed by atoms with E-state index in [4.69, 9.17) is 10.5 Å². The number of morpholine rings is 1. The fourth-order valence-corrected chi connectivity index (χ4v) is 2.65. The van der Waals surface area contributed by atoms with E-state index in [0.717, 1.165) is 26.2 Å². The van der Waals surface area contributed by atoms with Crippen molar-refractivity contribution >= 4 is 0 Å². The number of benzene rings is 1. The lowest BCUT2D eigenvalue weighted by Gasteiger charge is -2.35. The van der Waals surface area contributed by atoms with E-state index < -0.39 is 0 Å². The molecule has 0 saturated carbocycles. The summed E-state index contributed by atoms with van der Waals surface area (Å²) in [5.41, 5.74) is 10.1. The summed E-state index contributed by atoms with van der Waals surface area (Å²) in [4.78, 5) is 2.40. The van der Waals surface area contributed by atoms with Crippen molar-refractivity contribution in [2.45, 2.75) is 32.9 Å². The molecular formula is C15H24N2O. The van der Waals surface area contributed by atoms with Crippen molar-refractivity contribution in [1.82, 2.24) is 4.90 Å². The molecular weight excluding hydrogens is 224 g/mol.